The molecule has 19 heavy (non-hydrogen) atoms. The van der Waals surface area contributed by atoms with Gasteiger partial charge in [0.1, 0.15) is 4.16 Å². The van der Waals surface area contributed by atoms with E-state index < -0.39 is 14.0 Å². The normalized spacial score (nSPS) is 12.9. The first-order valence-corrected chi connectivity index (χ1v) is 8.44. The summed E-state index contributed by atoms with van der Waals surface area (Å²) in [6.07, 6.45) is 2.06. The van der Waals surface area contributed by atoms with E-state index in [1.54, 1.807) is 30.3 Å². The Balaban J connectivity index is 2.49. The highest BCUT2D eigenvalue weighted by Gasteiger charge is 2.24. The number of benzene rings is 1. The number of rotatable bonds is 7. The molecule has 0 fully saturated rings. The molecule has 6 heteroatoms. The average Bonchev–Trinajstić information content (AvgIpc) is 2.43. The van der Waals surface area contributed by atoms with Gasteiger partial charge in [-0.05, 0) is 25.0 Å². The summed E-state index contributed by atoms with van der Waals surface area (Å²) >= 11 is 3.22. The molecule has 1 atom stereocenters. The summed E-state index contributed by atoms with van der Waals surface area (Å²) in [6.45, 7) is 0. The van der Waals surface area contributed by atoms with Gasteiger partial charge in [0, 0.05) is 6.42 Å². The predicted molar refractivity (Wildman–Crippen MR) is 76.8 cm³/mol. The van der Waals surface area contributed by atoms with E-state index in [0.717, 1.165) is 0 Å². The van der Waals surface area contributed by atoms with Gasteiger partial charge >= 0.3 is 5.97 Å². The Morgan fingerprint density at radius 2 is 1.89 bits per heavy atom. The number of halogens is 1. The lowest BCUT2D eigenvalue weighted by Crippen LogP contribution is -2.15. The van der Waals surface area contributed by atoms with Crippen molar-refractivity contribution in [2.24, 2.45) is 0 Å². The molecule has 0 aliphatic carbocycles. The third-order valence-corrected chi connectivity index (χ3v) is 6.47. The smallest absolute Gasteiger partial charge is 0.305 e. The van der Waals surface area contributed by atoms with Crippen molar-refractivity contribution in [1.29, 1.82) is 0 Å². The lowest BCUT2D eigenvalue weighted by atomic mass is 10.2. The van der Waals surface area contributed by atoms with Gasteiger partial charge in [0.2, 0.25) is 0 Å². The maximum Gasteiger partial charge on any atom is 0.305 e. The molecule has 1 unspecified atom stereocenters. The second-order valence-electron chi connectivity index (χ2n) is 4.09. The van der Waals surface area contributed by atoms with Crippen molar-refractivity contribution in [3.8, 4) is 0 Å². The molecule has 106 valence electrons. The molecule has 0 saturated heterocycles. The molecule has 0 aromatic heterocycles. The Hall–Kier alpha value is -0.880. The number of methoxy groups -OCH3 is 1. The molecule has 0 aliphatic rings. The molecule has 1 aromatic rings. The summed E-state index contributed by atoms with van der Waals surface area (Å²) in [5.41, 5.74) is 0. The van der Waals surface area contributed by atoms with Crippen LogP contribution in [0.15, 0.2) is 35.2 Å². The molecule has 0 bridgehead atoms. The quantitative estimate of drug-likeness (QED) is 0.431. The summed E-state index contributed by atoms with van der Waals surface area (Å²) in [5, 5.41) is 0. The number of hydrogen-bond donors (Lipinski definition) is 0. The fourth-order valence-corrected chi connectivity index (χ4v) is 3.87. The second kappa shape index (κ2) is 7.65. The lowest BCUT2D eigenvalue weighted by Gasteiger charge is -2.11. The number of unbranched alkanes of at least 4 members (excludes halogenated alkanes) is 1. The maximum atomic E-state index is 12.2. The zero-order valence-corrected chi connectivity index (χ0v) is 13.1. The van der Waals surface area contributed by atoms with Crippen LogP contribution in [0.5, 0.6) is 0 Å². The Morgan fingerprint density at radius 1 is 1.26 bits per heavy atom. The third kappa shape index (κ3) is 4.95. The highest BCUT2D eigenvalue weighted by molar-refractivity contribution is 9.11. The van der Waals surface area contributed by atoms with E-state index in [0.29, 0.717) is 30.6 Å². The Kier molecular flexibility index (Phi) is 6.51. The van der Waals surface area contributed by atoms with E-state index in [1.165, 1.54) is 7.11 Å². The molecular weight excluding hydrogens is 332 g/mol. The first-order chi connectivity index (χ1) is 8.98. The first kappa shape index (κ1) is 16.2. The molecular formula is C13H17BrO4S. The van der Waals surface area contributed by atoms with Crippen molar-refractivity contribution in [2.75, 3.05) is 7.11 Å². The molecule has 1 rings (SSSR count). The summed E-state index contributed by atoms with van der Waals surface area (Å²) in [5.74, 6) is -0.267. The summed E-state index contributed by atoms with van der Waals surface area (Å²) in [6, 6.07) is 8.34. The number of ether oxygens (including phenoxy) is 1. The number of esters is 1. The van der Waals surface area contributed by atoms with Crippen molar-refractivity contribution < 1.29 is 17.9 Å². The van der Waals surface area contributed by atoms with E-state index in [-0.39, 0.29) is 5.97 Å². The largest absolute Gasteiger partial charge is 0.469 e. The highest BCUT2D eigenvalue weighted by atomic mass is 79.9. The molecule has 0 aliphatic heterocycles. The zero-order valence-electron chi connectivity index (χ0n) is 10.7. The van der Waals surface area contributed by atoms with Crippen LogP contribution < -0.4 is 0 Å². The average molecular weight is 349 g/mol. The van der Waals surface area contributed by atoms with Gasteiger partial charge in [0.25, 0.3) is 0 Å². The number of alkyl halides is 1. The van der Waals surface area contributed by atoms with Crippen LogP contribution in [0, 0.1) is 0 Å². The summed E-state index contributed by atoms with van der Waals surface area (Å²) in [4.78, 5) is 11.2. The van der Waals surface area contributed by atoms with Crippen molar-refractivity contribution in [3.05, 3.63) is 30.3 Å². The van der Waals surface area contributed by atoms with Crippen LogP contribution in [0.4, 0.5) is 0 Å². The number of carbonyl (C=O) groups is 1. The monoisotopic (exact) mass is 348 g/mol. The van der Waals surface area contributed by atoms with Crippen LogP contribution in [0.1, 0.15) is 25.7 Å². The van der Waals surface area contributed by atoms with E-state index in [1.807, 2.05) is 0 Å². The molecule has 0 amide bonds. The molecule has 1 aromatic carbocycles. The van der Waals surface area contributed by atoms with Gasteiger partial charge in [-0.1, -0.05) is 40.5 Å². The van der Waals surface area contributed by atoms with Gasteiger partial charge in [-0.2, -0.15) is 0 Å². The first-order valence-electron chi connectivity index (χ1n) is 5.98. The fourth-order valence-electron chi connectivity index (χ4n) is 1.59. The second-order valence-corrected chi connectivity index (χ2v) is 7.93. The molecule has 0 spiro atoms. The highest BCUT2D eigenvalue weighted by Crippen LogP contribution is 2.24. The number of sulfone groups is 1. The van der Waals surface area contributed by atoms with Crippen LogP contribution in [0.25, 0.3) is 0 Å². The molecule has 0 radical (unpaired) electrons. The Bertz CT molecular complexity index is 499. The van der Waals surface area contributed by atoms with Crippen LogP contribution in [0.3, 0.4) is 0 Å². The van der Waals surface area contributed by atoms with Crippen molar-refractivity contribution in [2.45, 2.75) is 34.7 Å². The topological polar surface area (TPSA) is 60.4 Å². The van der Waals surface area contributed by atoms with Crippen molar-refractivity contribution in [1.82, 2.24) is 0 Å². The minimum atomic E-state index is -3.34. The van der Waals surface area contributed by atoms with Crippen LogP contribution in [-0.4, -0.2) is 25.7 Å². The van der Waals surface area contributed by atoms with Crippen LogP contribution in [0.2, 0.25) is 0 Å². The Labute approximate surface area is 122 Å². The van der Waals surface area contributed by atoms with Gasteiger partial charge < -0.3 is 4.74 Å². The van der Waals surface area contributed by atoms with Gasteiger partial charge in [0.05, 0.1) is 12.0 Å². The Morgan fingerprint density at radius 3 is 2.47 bits per heavy atom. The van der Waals surface area contributed by atoms with E-state index in [9.17, 15) is 13.2 Å². The fraction of sp³-hybridized carbons (Fsp3) is 0.462. The van der Waals surface area contributed by atoms with Gasteiger partial charge in [-0.3, -0.25) is 4.79 Å². The zero-order chi connectivity index (χ0) is 14.3. The van der Waals surface area contributed by atoms with Crippen molar-refractivity contribution >= 4 is 31.7 Å². The van der Waals surface area contributed by atoms with Crippen LogP contribution >= 0.6 is 15.9 Å². The standard InChI is InChI=1S/C13H17BrO4S/c1-18-13(15)10-6-5-9-12(14)19(16,17)11-7-3-2-4-8-11/h2-4,7-8,12H,5-6,9-10H2,1H3. The molecule has 0 heterocycles. The molecule has 4 nitrogen and oxygen atoms in total. The predicted octanol–water partition coefficient (Wildman–Crippen LogP) is 2.91. The van der Waals surface area contributed by atoms with E-state index in [2.05, 4.69) is 20.7 Å². The lowest BCUT2D eigenvalue weighted by molar-refractivity contribution is -0.140. The summed E-state index contributed by atoms with van der Waals surface area (Å²) < 4.78 is 28.3. The van der Waals surface area contributed by atoms with Gasteiger partial charge in [-0.15, -0.1) is 0 Å². The van der Waals surface area contributed by atoms with Crippen molar-refractivity contribution in [3.63, 3.8) is 0 Å². The number of carbonyl (C=O) groups excluding carboxylic acids is 1. The third-order valence-electron chi connectivity index (χ3n) is 2.70. The number of hydrogen-bond acceptors (Lipinski definition) is 4. The molecule has 0 saturated carbocycles. The minimum Gasteiger partial charge on any atom is -0.469 e. The van der Waals surface area contributed by atoms with Crippen LogP contribution in [-0.2, 0) is 19.4 Å². The maximum absolute atomic E-state index is 12.2. The molecule has 0 N–H and O–H groups in total. The van der Waals surface area contributed by atoms with Gasteiger partial charge in [0.15, 0.2) is 9.84 Å². The summed E-state index contributed by atoms with van der Waals surface area (Å²) in [7, 11) is -2.00. The van der Waals surface area contributed by atoms with E-state index in [4.69, 9.17) is 0 Å². The SMILES string of the molecule is COC(=O)CCCCC(Br)S(=O)(=O)c1ccccc1. The minimum absolute atomic E-state index is 0.267. The van der Waals surface area contributed by atoms with E-state index >= 15 is 0 Å². The van der Waals surface area contributed by atoms with Gasteiger partial charge in [-0.25, -0.2) is 8.42 Å².